The predicted octanol–water partition coefficient (Wildman–Crippen LogP) is 1.54. The summed E-state index contributed by atoms with van der Waals surface area (Å²) in [6, 6.07) is 1.82. The lowest BCUT2D eigenvalue weighted by molar-refractivity contribution is -0.331. The standard InChI is InChI=1S/C38H42O18/c1-15-10-21-26(27(45)25-20(28(21)46-6)8-7-9-22(25)44)30-24(15)31-34-36(12-39,54-30)37(13-49-37)38(55-31,56-34)14-48-35-33(52-19(5)43)32(51-18(4)42)29(50-17(3)41)23(53-35)11-47-16(2)40/h10,23,29,31-35,39,45H,7-9,11-14H2,1-6H3/t23-,29-,31?,32+,33-,34?,35-,36-,37+,38?/m1/s1. The number of methoxy groups -OCH3 is 1. The number of Topliss-reactive ketones (excluding diaryl/α,β-unsaturated/α-hetero) is 1. The number of ketones is 1. The maximum Gasteiger partial charge on any atom is 0.303 e. The summed E-state index contributed by atoms with van der Waals surface area (Å²) in [5.74, 6) is -4.75. The van der Waals surface area contributed by atoms with Gasteiger partial charge >= 0.3 is 23.9 Å². The molecule has 0 saturated carbocycles. The average molecular weight is 787 g/mol. The van der Waals surface area contributed by atoms with E-state index in [0.717, 1.165) is 27.7 Å². The maximum atomic E-state index is 13.2. The first-order chi connectivity index (χ1) is 26.6. The Morgan fingerprint density at radius 3 is 2.25 bits per heavy atom. The number of aliphatic hydroxyl groups excluding tert-OH is 1. The third kappa shape index (κ3) is 5.48. The third-order valence-corrected chi connectivity index (χ3v) is 11.4. The van der Waals surface area contributed by atoms with Gasteiger partial charge in [-0.1, -0.05) is 0 Å². The number of benzene rings is 2. The van der Waals surface area contributed by atoms with Crippen LogP contribution >= 0.6 is 0 Å². The summed E-state index contributed by atoms with van der Waals surface area (Å²) < 4.78 is 66.3. The first-order valence-electron chi connectivity index (χ1n) is 18.3. The van der Waals surface area contributed by atoms with Gasteiger partial charge in [0.15, 0.2) is 41.6 Å². The molecule has 10 atom stereocenters. The molecule has 0 radical (unpaired) electrons. The van der Waals surface area contributed by atoms with Gasteiger partial charge in [0.05, 0.1) is 31.3 Å². The van der Waals surface area contributed by atoms with Crippen LogP contribution < -0.4 is 9.47 Å². The smallest absolute Gasteiger partial charge is 0.303 e. The van der Waals surface area contributed by atoms with E-state index in [1.165, 1.54) is 7.11 Å². The van der Waals surface area contributed by atoms with Gasteiger partial charge in [-0.2, -0.15) is 0 Å². The van der Waals surface area contributed by atoms with E-state index in [9.17, 15) is 34.2 Å². The molecule has 2 bridgehead atoms. The minimum Gasteiger partial charge on any atom is -0.506 e. The van der Waals surface area contributed by atoms with Gasteiger partial charge in [0, 0.05) is 50.6 Å². The average Bonchev–Trinajstić information content (AvgIpc) is 3.80. The largest absolute Gasteiger partial charge is 0.506 e. The van der Waals surface area contributed by atoms with Crippen LogP contribution in [0.15, 0.2) is 6.07 Å². The van der Waals surface area contributed by atoms with E-state index in [1.54, 1.807) is 0 Å². The SMILES string of the molecule is COc1c2c(c(O)c3c4c(c(C)cc13)C1OC3(CO[C@@H]5O[C@H](COC(C)=O)[C@@H](OC(C)=O)[C@H](OC(C)=O)[C@H]5OC(C)=O)OC1[C@@](CO)(O4)[C@@]31CO1)C(=O)CCC2. The van der Waals surface area contributed by atoms with Crippen LogP contribution in [0.4, 0.5) is 0 Å². The van der Waals surface area contributed by atoms with E-state index < -0.39 is 104 Å². The number of hydrogen-bond donors (Lipinski definition) is 2. The lowest BCUT2D eigenvalue weighted by Crippen LogP contribution is -2.69. The molecule has 18 nitrogen and oxygen atoms in total. The van der Waals surface area contributed by atoms with Gasteiger partial charge < -0.3 is 62.3 Å². The maximum absolute atomic E-state index is 13.2. The van der Waals surface area contributed by atoms with Crippen LogP contribution in [0.25, 0.3) is 10.8 Å². The highest BCUT2D eigenvalue weighted by molar-refractivity contribution is 6.11. The summed E-state index contributed by atoms with van der Waals surface area (Å²) in [7, 11) is 1.50. The molecule has 56 heavy (non-hydrogen) atoms. The van der Waals surface area contributed by atoms with E-state index in [1.807, 2.05) is 13.0 Å². The summed E-state index contributed by atoms with van der Waals surface area (Å²) in [5.41, 5.74) is -1.15. The second-order valence-corrected chi connectivity index (χ2v) is 14.8. The van der Waals surface area contributed by atoms with Crippen molar-refractivity contribution >= 4 is 40.4 Å². The molecule has 5 aliphatic heterocycles. The summed E-state index contributed by atoms with van der Waals surface area (Å²) >= 11 is 0. The summed E-state index contributed by atoms with van der Waals surface area (Å²) in [6.45, 7) is 4.69. The van der Waals surface area contributed by atoms with Gasteiger partial charge in [0.25, 0.3) is 0 Å². The van der Waals surface area contributed by atoms with E-state index in [0.29, 0.717) is 40.7 Å². The van der Waals surface area contributed by atoms with Crippen LogP contribution in [0, 0.1) is 6.92 Å². The number of phenolic OH excluding ortho intramolecular Hbond substituents is 1. The minimum atomic E-state index is -1.78. The molecule has 0 amide bonds. The topological polar surface area (TPSA) is 231 Å². The van der Waals surface area contributed by atoms with Gasteiger partial charge in [-0.3, -0.25) is 24.0 Å². The Morgan fingerprint density at radius 1 is 0.946 bits per heavy atom. The molecule has 4 saturated heterocycles. The van der Waals surface area contributed by atoms with Gasteiger partial charge in [-0.15, -0.1) is 0 Å². The number of phenols is 1. The van der Waals surface area contributed by atoms with Crippen LogP contribution in [0.3, 0.4) is 0 Å². The van der Waals surface area contributed by atoms with Crippen molar-refractivity contribution in [2.24, 2.45) is 0 Å². The Hall–Kier alpha value is -4.59. The van der Waals surface area contributed by atoms with Crippen molar-refractivity contribution < 1.29 is 86.3 Å². The molecular formula is C38H42O18. The van der Waals surface area contributed by atoms with Crippen molar-refractivity contribution in [2.45, 2.75) is 114 Å². The number of epoxide rings is 1. The van der Waals surface area contributed by atoms with Crippen LogP contribution in [0.5, 0.6) is 17.2 Å². The molecule has 2 N–H and O–H groups in total. The fourth-order valence-corrected chi connectivity index (χ4v) is 9.21. The number of esters is 4. The predicted molar refractivity (Wildman–Crippen MR) is 183 cm³/mol. The molecule has 8 rings (SSSR count). The highest BCUT2D eigenvalue weighted by atomic mass is 16.8. The number of fused-ring (bicyclic) bond motifs is 8. The number of carbonyl (C=O) groups excluding carboxylic acids is 5. The molecule has 1 aliphatic carbocycles. The minimum absolute atomic E-state index is 0.0268. The molecule has 5 heterocycles. The van der Waals surface area contributed by atoms with Crippen molar-refractivity contribution in [1.29, 1.82) is 0 Å². The van der Waals surface area contributed by atoms with Crippen molar-refractivity contribution in [1.82, 2.24) is 0 Å². The van der Waals surface area contributed by atoms with Gasteiger partial charge in [0.1, 0.15) is 48.8 Å². The number of aliphatic hydroxyl groups is 1. The van der Waals surface area contributed by atoms with E-state index in [-0.39, 0.29) is 41.3 Å². The van der Waals surface area contributed by atoms with E-state index in [2.05, 4.69) is 0 Å². The zero-order valence-corrected chi connectivity index (χ0v) is 31.5. The molecule has 2 aromatic carbocycles. The second-order valence-electron chi connectivity index (χ2n) is 14.8. The van der Waals surface area contributed by atoms with Gasteiger partial charge in [-0.05, 0) is 31.4 Å². The van der Waals surface area contributed by atoms with Crippen molar-refractivity contribution in [3.63, 3.8) is 0 Å². The quantitative estimate of drug-likeness (QED) is 0.198. The van der Waals surface area contributed by atoms with Crippen molar-refractivity contribution in [3.05, 3.63) is 28.3 Å². The molecule has 302 valence electrons. The summed E-state index contributed by atoms with van der Waals surface area (Å²) in [6.07, 6.45) is -7.74. The van der Waals surface area contributed by atoms with Crippen molar-refractivity contribution in [3.8, 4) is 17.2 Å². The normalized spacial score (nSPS) is 34.6. The Morgan fingerprint density at radius 2 is 1.62 bits per heavy atom. The number of hydrogen-bond acceptors (Lipinski definition) is 18. The monoisotopic (exact) mass is 786 g/mol. The third-order valence-electron chi connectivity index (χ3n) is 11.4. The Labute approximate surface area is 319 Å². The Kier molecular flexibility index (Phi) is 9.24. The number of rotatable bonds is 10. The van der Waals surface area contributed by atoms with Gasteiger partial charge in [0.2, 0.25) is 5.79 Å². The van der Waals surface area contributed by atoms with Crippen LogP contribution in [0.1, 0.15) is 73.7 Å². The molecule has 4 fully saturated rings. The van der Waals surface area contributed by atoms with Gasteiger partial charge in [-0.25, -0.2) is 0 Å². The van der Waals surface area contributed by atoms with E-state index in [4.69, 9.17) is 52.1 Å². The molecular weight excluding hydrogens is 744 g/mol. The van der Waals surface area contributed by atoms with Crippen molar-refractivity contribution in [2.75, 3.05) is 33.5 Å². The van der Waals surface area contributed by atoms with Crippen LogP contribution in [-0.2, 0) is 68.2 Å². The molecule has 0 aromatic heterocycles. The van der Waals surface area contributed by atoms with Crippen LogP contribution in [-0.4, -0.2) is 127 Å². The first-order valence-corrected chi connectivity index (χ1v) is 18.3. The molecule has 2 aromatic rings. The summed E-state index contributed by atoms with van der Waals surface area (Å²) in [5, 5.41) is 23.8. The second kappa shape index (κ2) is 13.5. The number of carbonyl (C=O) groups is 5. The lowest BCUT2D eigenvalue weighted by Gasteiger charge is -2.49. The van der Waals surface area contributed by atoms with Crippen LogP contribution in [0.2, 0.25) is 0 Å². The molecule has 6 aliphatic rings. The highest BCUT2D eigenvalue weighted by Crippen LogP contribution is 2.70. The highest BCUT2D eigenvalue weighted by Gasteiger charge is 2.90. The number of aromatic hydroxyl groups is 1. The zero-order chi connectivity index (χ0) is 40.1. The fraction of sp³-hybridized carbons (Fsp3) is 0.605. The first kappa shape index (κ1) is 38.3. The molecule has 1 spiro atoms. The molecule has 3 unspecified atom stereocenters. The number of ether oxygens (including phenoxy) is 11. The zero-order valence-electron chi connectivity index (χ0n) is 31.5. The fourth-order valence-electron chi connectivity index (χ4n) is 9.21. The Bertz CT molecular complexity index is 2040. The summed E-state index contributed by atoms with van der Waals surface area (Å²) in [4.78, 5) is 62.0. The number of aryl methyl sites for hydroxylation is 1. The Balaban J connectivity index is 1.18. The van der Waals surface area contributed by atoms with E-state index >= 15 is 0 Å². The lowest BCUT2D eigenvalue weighted by atomic mass is 9.72. The molecule has 18 heteroatoms.